The van der Waals surface area contributed by atoms with Crippen LogP contribution in [0.1, 0.15) is 18.7 Å². The molecule has 124 valence electrons. The van der Waals surface area contributed by atoms with Gasteiger partial charge in [0.25, 0.3) is 0 Å². The highest BCUT2D eigenvalue weighted by Gasteiger charge is 2.15. The predicted molar refractivity (Wildman–Crippen MR) is 92.1 cm³/mol. The van der Waals surface area contributed by atoms with Crippen molar-refractivity contribution in [1.82, 2.24) is 20.3 Å². The lowest BCUT2D eigenvalue weighted by molar-refractivity contribution is -0.119. The van der Waals surface area contributed by atoms with Gasteiger partial charge in [0.05, 0.1) is 11.8 Å². The first kappa shape index (κ1) is 16.1. The van der Waals surface area contributed by atoms with Crippen molar-refractivity contribution in [3.63, 3.8) is 0 Å². The normalized spacial score (nSPS) is 12.2. The van der Waals surface area contributed by atoms with Crippen molar-refractivity contribution < 1.29 is 9.21 Å². The van der Waals surface area contributed by atoms with Gasteiger partial charge in [0, 0.05) is 5.39 Å². The molecule has 2 aromatic heterocycles. The van der Waals surface area contributed by atoms with Crippen LogP contribution in [0.2, 0.25) is 0 Å². The quantitative estimate of drug-likeness (QED) is 0.596. The summed E-state index contributed by atoms with van der Waals surface area (Å²) in [6, 6.07) is 9.36. The molecule has 0 bridgehead atoms. The van der Waals surface area contributed by atoms with Gasteiger partial charge < -0.3 is 21.2 Å². The Morgan fingerprint density at radius 1 is 1.25 bits per heavy atom. The van der Waals surface area contributed by atoms with Crippen LogP contribution in [0, 0.1) is 0 Å². The molecule has 3 aromatic rings. The van der Waals surface area contributed by atoms with Gasteiger partial charge in [-0.1, -0.05) is 30.0 Å². The molecular weight excluding hydrogens is 328 g/mol. The molecular formula is C15H16N6O2S. The number of benzene rings is 1. The van der Waals surface area contributed by atoms with Crippen molar-refractivity contribution in [3.8, 4) is 0 Å². The number of carbonyl (C=O) groups is 1. The molecule has 1 amide bonds. The summed E-state index contributed by atoms with van der Waals surface area (Å²) in [5, 5.41) is 4.18. The second-order valence-electron chi connectivity index (χ2n) is 5.10. The molecule has 8 nitrogen and oxygen atoms in total. The number of nitrogens with one attached hydrogen (secondary N) is 1. The molecule has 0 saturated carbocycles. The number of thioether (sulfide) groups is 1. The summed E-state index contributed by atoms with van der Waals surface area (Å²) in [6.07, 6.45) is 0. The van der Waals surface area contributed by atoms with Crippen LogP contribution in [-0.2, 0) is 4.79 Å². The standard InChI is InChI=1S/C15H16N6O2S/c1-8(11-6-9-4-2-3-5-10(9)23-11)18-12(22)7-24-15-20-13(16)19-14(17)21-15/h2-6,8H,7H2,1H3,(H,18,22)(H4,16,17,19,20,21)/t8-/m0/s1. The Hall–Kier alpha value is -2.81. The monoisotopic (exact) mass is 344 g/mol. The van der Waals surface area contributed by atoms with E-state index in [2.05, 4.69) is 20.3 Å². The summed E-state index contributed by atoms with van der Waals surface area (Å²) in [5.74, 6) is 0.712. The van der Waals surface area contributed by atoms with Crippen LogP contribution in [0.5, 0.6) is 0 Å². The smallest absolute Gasteiger partial charge is 0.231 e. The van der Waals surface area contributed by atoms with Crippen molar-refractivity contribution in [2.45, 2.75) is 18.1 Å². The number of carbonyl (C=O) groups excluding carboxylic acids is 1. The van der Waals surface area contributed by atoms with E-state index >= 15 is 0 Å². The zero-order valence-electron chi connectivity index (χ0n) is 12.9. The molecule has 3 rings (SSSR count). The summed E-state index contributed by atoms with van der Waals surface area (Å²) >= 11 is 1.13. The first-order valence-electron chi connectivity index (χ1n) is 7.19. The van der Waals surface area contributed by atoms with E-state index in [1.54, 1.807) is 0 Å². The van der Waals surface area contributed by atoms with E-state index in [0.29, 0.717) is 10.9 Å². The van der Waals surface area contributed by atoms with E-state index in [-0.39, 0.29) is 29.6 Å². The summed E-state index contributed by atoms with van der Waals surface area (Å²) < 4.78 is 5.74. The fraction of sp³-hybridized carbons (Fsp3) is 0.200. The van der Waals surface area contributed by atoms with Crippen LogP contribution in [0.25, 0.3) is 11.0 Å². The Kier molecular flexibility index (Phi) is 4.52. The average Bonchev–Trinajstić information content (AvgIpc) is 2.96. The fourth-order valence-corrected chi connectivity index (χ4v) is 2.81. The van der Waals surface area contributed by atoms with Gasteiger partial charge in [0.15, 0.2) is 5.16 Å². The number of nitrogens with two attached hydrogens (primary N) is 2. The molecule has 1 atom stereocenters. The molecule has 0 spiro atoms. The first-order chi connectivity index (χ1) is 11.5. The zero-order chi connectivity index (χ0) is 17.1. The molecule has 0 aliphatic rings. The molecule has 9 heteroatoms. The molecule has 0 saturated heterocycles. The van der Waals surface area contributed by atoms with Gasteiger partial charge in [-0.25, -0.2) is 0 Å². The number of nitrogens with zero attached hydrogens (tertiary/aromatic N) is 3. The average molecular weight is 344 g/mol. The second-order valence-corrected chi connectivity index (χ2v) is 6.04. The van der Waals surface area contributed by atoms with E-state index in [1.165, 1.54) is 0 Å². The van der Waals surface area contributed by atoms with Gasteiger partial charge in [-0.15, -0.1) is 0 Å². The van der Waals surface area contributed by atoms with Crippen molar-refractivity contribution in [2.75, 3.05) is 17.2 Å². The van der Waals surface area contributed by atoms with Crippen LogP contribution < -0.4 is 16.8 Å². The predicted octanol–water partition coefficient (Wildman–Crippen LogP) is 1.75. The Labute approximate surface area is 142 Å². The van der Waals surface area contributed by atoms with Crippen LogP contribution in [0.3, 0.4) is 0 Å². The number of amides is 1. The molecule has 0 unspecified atom stereocenters. The largest absolute Gasteiger partial charge is 0.459 e. The van der Waals surface area contributed by atoms with Crippen molar-refractivity contribution in [1.29, 1.82) is 0 Å². The third-order valence-electron chi connectivity index (χ3n) is 3.23. The number of furan rings is 1. The Bertz CT molecular complexity index is 828. The van der Waals surface area contributed by atoms with Gasteiger partial charge in [-0.3, -0.25) is 4.79 Å². The number of hydrogen-bond donors (Lipinski definition) is 3. The molecule has 5 N–H and O–H groups in total. The molecule has 0 fully saturated rings. The maximum atomic E-state index is 12.1. The Balaban J connectivity index is 1.59. The van der Waals surface area contributed by atoms with Gasteiger partial charge in [0.2, 0.25) is 17.8 Å². The second kappa shape index (κ2) is 6.75. The molecule has 0 aliphatic heterocycles. The summed E-state index contributed by atoms with van der Waals surface area (Å²) in [6.45, 7) is 1.86. The maximum Gasteiger partial charge on any atom is 0.231 e. The van der Waals surface area contributed by atoms with Crippen LogP contribution in [-0.4, -0.2) is 26.6 Å². The number of para-hydroxylation sites is 1. The number of anilines is 2. The topological polar surface area (TPSA) is 133 Å². The maximum absolute atomic E-state index is 12.1. The van der Waals surface area contributed by atoms with Crippen LogP contribution in [0.4, 0.5) is 11.9 Å². The van der Waals surface area contributed by atoms with Gasteiger partial charge in [-0.2, -0.15) is 15.0 Å². The van der Waals surface area contributed by atoms with E-state index in [0.717, 1.165) is 22.7 Å². The summed E-state index contributed by atoms with van der Waals surface area (Å²) in [7, 11) is 0. The summed E-state index contributed by atoms with van der Waals surface area (Å²) in [5.41, 5.74) is 11.8. The van der Waals surface area contributed by atoms with Gasteiger partial charge in [0.1, 0.15) is 11.3 Å². The zero-order valence-corrected chi connectivity index (χ0v) is 13.7. The fourth-order valence-electron chi connectivity index (χ4n) is 2.15. The number of nitrogen functional groups attached to an aromatic ring is 2. The Morgan fingerprint density at radius 3 is 2.67 bits per heavy atom. The lowest BCUT2D eigenvalue weighted by Gasteiger charge is -2.10. The van der Waals surface area contributed by atoms with Crippen LogP contribution >= 0.6 is 11.8 Å². The lowest BCUT2D eigenvalue weighted by atomic mass is 10.2. The minimum absolute atomic E-state index is 0.0288. The van der Waals surface area contributed by atoms with Gasteiger partial charge >= 0.3 is 0 Å². The number of aromatic nitrogens is 3. The van der Waals surface area contributed by atoms with E-state index in [1.807, 2.05) is 37.3 Å². The highest BCUT2D eigenvalue weighted by molar-refractivity contribution is 7.99. The number of rotatable bonds is 5. The highest BCUT2D eigenvalue weighted by atomic mass is 32.2. The van der Waals surface area contributed by atoms with Crippen LogP contribution in [0.15, 0.2) is 39.9 Å². The van der Waals surface area contributed by atoms with Gasteiger partial charge in [-0.05, 0) is 19.1 Å². The minimum atomic E-state index is -0.251. The summed E-state index contributed by atoms with van der Waals surface area (Å²) in [4.78, 5) is 23.6. The molecule has 0 aliphatic carbocycles. The van der Waals surface area contributed by atoms with E-state index < -0.39 is 0 Å². The SMILES string of the molecule is C[C@H](NC(=O)CSc1nc(N)nc(N)n1)c1cc2ccccc2o1. The highest BCUT2D eigenvalue weighted by Crippen LogP contribution is 2.23. The lowest BCUT2D eigenvalue weighted by Crippen LogP contribution is -2.28. The van der Waals surface area contributed by atoms with Crippen molar-refractivity contribution >= 4 is 40.5 Å². The minimum Gasteiger partial charge on any atom is -0.459 e. The third-order valence-corrected chi connectivity index (χ3v) is 4.08. The molecule has 24 heavy (non-hydrogen) atoms. The van der Waals surface area contributed by atoms with Crippen molar-refractivity contribution in [3.05, 3.63) is 36.1 Å². The third kappa shape index (κ3) is 3.74. The Morgan fingerprint density at radius 2 is 1.96 bits per heavy atom. The number of fused-ring (bicyclic) bond motifs is 1. The van der Waals surface area contributed by atoms with E-state index in [9.17, 15) is 4.79 Å². The van der Waals surface area contributed by atoms with E-state index in [4.69, 9.17) is 15.9 Å². The molecule has 0 radical (unpaired) electrons. The number of hydrogen-bond acceptors (Lipinski definition) is 8. The molecule has 2 heterocycles. The van der Waals surface area contributed by atoms with Crippen molar-refractivity contribution in [2.24, 2.45) is 0 Å². The first-order valence-corrected chi connectivity index (χ1v) is 8.17. The molecule has 1 aromatic carbocycles.